The third-order valence-corrected chi connectivity index (χ3v) is 7.44. The molecule has 0 bridgehead atoms. The highest BCUT2D eigenvalue weighted by Gasteiger charge is 2.35. The van der Waals surface area contributed by atoms with Crippen molar-refractivity contribution in [3.63, 3.8) is 0 Å². The SMILES string of the molecule is CSc1cccc(N2C[C@H](C(=O)NCc3ccccc3CS(=O)(=O)NC(C)C)CC2=O)c1. The fourth-order valence-corrected chi connectivity index (χ4v) is 5.66. The lowest BCUT2D eigenvalue weighted by Crippen LogP contribution is -2.33. The molecule has 172 valence electrons. The van der Waals surface area contributed by atoms with Crippen LogP contribution in [0.4, 0.5) is 5.69 Å². The number of sulfonamides is 1. The van der Waals surface area contributed by atoms with Gasteiger partial charge in [0.15, 0.2) is 0 Å². The molecule has 2 amide bonds. The van der Waals surface area contributed by atoms with E-state index in [0.29, 0.717) is 12.1 Å². The highest BCUT2D eigenvalue weighted by Crippen LogP contribution is 2.28. The van der Waals surface area contributed by atoms with Crippen LogP contribution >= 0.6 is 11.8 Å². The second kappa shape index (κ2) is 10.5. The normalized spacial score (nSPS) is 16.6. The summed E-state index contributed by atoms with van der Waals surface area (Å²) in [4.78, 5) is 28.0. The van der Waals surface area contributed by atoms with Crippen molar-refractivity contribution in [1.29, 1.82) is 0 Å². The summed E-state index contributed by atoms with van der Waals surface area (Å²) >= 11 is 1.60. The summed E-state index contributed by atoms with van der Waals surface area (Å²) in [5, 5.41) is 2.89. The average Bonchev–Trinajstić information content (AvgIpc) is 3.13. The van der Waals surface area contributed by atoms with Gasteiger partial charge in [0.25, 0.3) is 0 Å². The standard InChI is InChI=1S/C23H29N3O4S2/c1-16(2)25-32(29,30)15-18-8-5-4-7-17(18)13-24-23(28)19-11-22(27)26(14-19)20-9-6-10-21(12-20)31-3/h4-10,12,16,19,25H,11,13-15H2,1-3H3,(H,24,28)/t19-/m1/s1. The van der Waals surface area contributed by atoms with E-state index in [1.165, 1.54) is 0 Å². The van der Waals surface area contributed by atoms with Crippen molar-refractivity contribution in [2.24, 2.45) is 5.92 Å². The molecule has 9 heteroatoms. The predicted molar refractivity (Wildman–Crippen MR) is 128 cm³/mol. The average molecular weight is 476 g/mol. The van der Waals surface area contributed by atoms with Gasteiger partial charge >= 0.3 is 0 Å². The zero-order chi connectivity index (χ0) is 23.3. The van der Waals surface area contributed by atoms with Gasteiger partial charge in [-0.1, -0.05) is 30.3 Å². The number of nitrogens with one attached hydrogen (secondary N) is 2. The monoisotopic (exact) mass is 475 g/mol. The summed E-state index contributed by atoms with van der Waals surface area (Å²) in [6.45, 7) is 4.08. The Hall–Kier alpha value is -2.36. The molecule has 0 saturated carbocycles. The van der Waals surface area contributed by atoms with Crippen LogP contribution < -0.4 is 14.9 Å². The molecule has 1 atom stereocenters. The van der Waals surface area contributed by atoms with Crippen molar-refractivity contribution < 1.29 is 18.0 Å². The molecule has 0 unspecified atom stereocenters. The molecule has 1 saturated heterocycles. The van der Waals surface area contributed by atoms with Crippen LogP contribution in [0.1, 0.15) is 31.4 Å². The summed E-state index contributed by atoms with van der Waals surface area (Å²) in [5.74, 6) is -0.882. The number of hydrogen-bond donors (Lipinski definition) is 2. The van der Waals surface area contributed by atoms with Crippen LogP contribution in [-0.2, 0) is 31.9 Å². The van der Waals surface area contributed by atoms with Gasteiger partial charge < -0.3 is 10.2 Å². The van der Waals surface area contributed by atoms with E-state index >= 15 is 0 Å². The maximum absolute atomic E-state index is 12.8. The molecule has 0 radical (unpaired) electrons. The number of carbonyl (C=O) groups excluding carboxylic acids is 2. The summed E-state index contributed by atoms with van der Waals surface area (Å²) in [7, 11) is -3.48. The maximum atomic E-state index is 12.8. The van der Waals surface area contributed by atoms with Crippen molar-refractivity contribution >= 4 is 39.3 Å². The highest BCUT2D eigenvalue weighted by molar-refractivity contribution is 7.98. The molecule has 0 spiro atoms. The molecule has 1 fully saturated rings. The van der Waals surface area contributed by atoms with E-state index in [0.717, 1.165) is 16.1 Å². The topological polar surface area (TPSA) is 95.6 Å². The van der Waals surface area contributed by atoms with Gasteiger partial charge in [-0.3, -0.25) is 9.59 Å². The summed E-state index contributed by atoms with van der Waals surface area (Å²) in [6.07, 6.45) is 2.13. The molecular weight excluding hydrogens is 446 g/mol. The van der Waals surface area contributed by atoms with Crippen molar-refractivity contribution in [1.82, 2.24) is 10.0 Å². The first-order valence-electron chi connectivity index (χ1n) is 10.5. The molecule has 2 aromatic rings. The Morgan fingerprint density at radius 2 is 1.88 bits per heavy atom. The number of carbonyl (C=O) groups is 2. The number of thioether (sulfide) groups is 1. The van der Waals surface area contributed by atoms with E-state index in [1.54, 1.807) is 48.7 Å². The molecule has 7 nitrogen and oxygen atoms in total. The van der Waals surface area contributed by atoms with Crippen molar-refractivity contribution in [2.45, 2.75) is 43.5 Å². The first-order chi connectivity index (χ1) is 15.2. The van der Waals surface area contributed by atoms with E-state index in [2.05, 4.69) is 10.0 Å². The predicted octanol–water partition coefficient (Wildman–Crippen LogP) is 2.91. The number of benzene rings is 2. The van der Waals surface area contributed by atoms with Gasteiger partial charge in [-0.25, -0.2) is 13.1 Å². The molecule has 2 aromatic carbocycles. The van der Waals surface area contributed by atoms with Gasteiger partial charge in [0.1, 0.15) is 0 Å². The van der Waals surface area contributed by atoms with Crippen LogP contribution in [-0.4, -0.2) is 39.1 Å². The molecule has 3 rings (SSSR count). The fourth-order valence-electron chi connectivity index (χ4n) is 3.71. The number of amides is 2. The number of hydrogen-bond acceptors (Lipinski definition) is 5. The Kier molecular flexibility index (Phi) is 7.97. The zero-order valence-corrected chi connectivity index (χ0v) is 20.1. The Morgan fingerprint density at radius 3 is 2.56 bits per heavy atom. The van der Waals surface area contributed by atoms with Gasteiger partial charge in [0.2, 0.25) is 21.8 Å². The first-order valence-corrected chi connectivity index (χ1v) is 13.3. The fraction of sp³-hybridized carbons (Fsp3) is 0.391. The van der Waals surface area contributed by atoms with Crippen LogP contribution in [0.5, 0.6) is 0 Å². The second-order valence-corrected chi connectivity index (χ2v) is 10.8. The lowest BCUT2D eigenvalue weighted by atomic mass is 10.1. The van der Waals surface area contributed by atoms with Crippen molar-refractivity contribution in [3.8, 4) is 0 Å². The Labute approximate surface area is 194 Å². The molecule has 0 aromatic heterocycles. The molecule has 1 heterocycles. The van der Waals surface area contributed by atoms with E-state index in [-0.39, 0.29) is 36.6 Å². The zero-order valence-electron chi connectivity index (χ0n) is 18.5. The van der Waals surface area contributed by atoms with Crippen LogP contribution in [0.2, 0.25) is 0 Å². The van der Waals surface area contributed by atoms with Crippen LogP contribution in [0.15, 0.2) is 53.4 Å². The minimum Gasteiger partial charge on any atom is -0.352 e. The second-order valence-electron chi connectivity index (χ2n) is 8.13. The van der Waals surface area contributed by atoms with Gasteiger partial charge in [-0.15, -0.1) is 11.8 Å². The van der Waals surface area contributed by atoms with Crippen LogP contribution in [0.25, 0.3) is 0 Å². The molecule has 1 aliphatic rings. The van der Waals surface area contributed by atoms with E-state index in [4.69, 9.17) is 0 Å². The molecular formula is C23H29N3O4S2. The third-order valence-electron chi connectivity index (χ3n) is 5.19. The van der Waals surface area contributed by atoms with E-state index < -0.39 is 15.9 Å². The Morgan fingerprint density at radius 1 is 1.16 bits per heavy atom. The summed E-state index contributed by atoms with van der Waals surface area (Å²) < 4.78 is 27.2. The lowest BCUT2D eigenvalue weighted by Gasteiger charge is -2.18. The smallest absolute Gasteiger partial charge is 0.227 e. The number of rotatable bonds is 9. The number of anilines is 1. The summed E-state index contributed by atoms with van der Waals surface area (Å²) in [6, 6.07) is 14.7. The van der Waals surface area contributed by atoms with Gasteiger partial charge in [0, 0.05) is 36.1 Å². The molecule has 2 N–H and O–H groups in total. The van der Waals surface area contributed by atoms with Crippen molar-refractivity contribution in [2.75, 3.05) is 17.7 Å². The third kappa shape index (κ3) is 6.34. The maximum Gasteiger partial charge on any atom is 0.227 e. The minimum absolute atomic E-state index is 0.0744. The van der Waals surface area contributed by atoms with Gasteiger partial charge in [-0.05, 0) is 49.4 Å². The van der Waals surface area contributed by atoms with Gasteiger partial charge in [-0.2, -0.15) is 0 Å². The van der Waals surface area contributed by atoms with E-state index in [9.17, 15) is 18.0 Å². The summed E-state index contributed by atoms with van der Waals surface area (Å²) in [5.41, 5.74) is 2.17. The largest absolute Gasteiger partial charge is 0.352 e. The highest BCUT2D eigenvalue weighted by atomic mass is 32.2. The number of nitrogens with zero attached hydrogens (tertiary/aromatic N) is 1. The van der Waals surface area contributed by atoms with Gasteiger partial charge in [0.05, 0.1) is 11.7 Å². The van der Waals surface area contributed by atoms with Crippen molar-refractivity contribution in [3.05, 3.63) is 59.7 Å². The molecule has 1 aliphatic heterocycles. The Bertz CT molecular complexity index is 1090. The first kappa shape index (κ1) is 24.3. The minimum atomic E-state index is -3.48. The van der Waals surface area contributed by atoms with Crippen LogP contribution in [0, 0.1) is 5.92 Å². The lowest BCUT2D eigenvalue weighted by molar-refractivity contribution is -0.126. The van der Waals surface area contributed by atoms with Crippen LogP contribution in [0.3, 0.4) is 0 Å². The Balaban J connectivity index is 1.63. The quantitative estimate of drug-likeness (QED) is 0.544. The van der Waals surface area contributed by atoms with E-state index in [1.807, 2.05) is 36.6 Å². The molecule has 0 aliphatic carbocycles. The molecule has 32 heavy (non-hydrogen) atoms.